The molecule has 0 spiro atoms. The van der Waals surface area contributed by atoms with Crippen LogP contribution in [0.1, 0.15) is 4.88 Å². The van der Waals surface area contributed by atoms with E-state index in [1.807, 2.05) is 11.8 Å². The molecule has 1 unspecified atom stereocenters. The van der Waals surface area contributed by atoms with Gasteiger partial charge in [-0.3, -0.25) is 0 Å². The van der Waals surface area contributed by atoms with Gasteiger partial charge in [0.15, 0.2) is 0 Å². The van der Waals surface area contributed by atoms with Crippen LogP contribution in [0.15, 0.2) is 15.9 Å². The highest BCUT2D eigenvalue weighted by molar-refractivity contribution is 9.10. The van der Waals surface area contributed by atoms with Crippen LogP contribution in [-0.2, 0) is 6.54 Å². The van der Waals surface area contributed by atoms with E-state index in [-0.39, 0.29) is 0 Å². The van der Waals surface area contributed by atoms with Gasteiger partial charge in [0.1, 0.15) is 0 Å². The van der Waals surface area contributed by atoms with Crippen molar-refractivity contribution in [3.63, 3.8) is 0 Å². The highest BCUT2D eigenvalue weighted by Gasteiger charge is 2.12. The molecule has 1 aromatic heterocycles. The van der Waals surface area contributed by atoms with Crippen LogP contribution >= 0.6 is 39.0 Å². The standard InChI is InChI=1S/C10H15BrN2S2/c11-9-1-3-15-10(9)6-12-5-8-7-14-4-2-13-8/h1,3,8,12-13H,2,4-7H2. The summed E-state index contributed by atoms with van der Waals surface area (Å²) in [6.45, 7) is 3.19. The number of rotatable bonds is 4. The van der Waals surface area contributed by atoms with Crippen molar-refractivity contribution in [2.24, 2.45) is 0 Å². The summed E-state index contributed by atoms with van der Waals surface area (Å²) in [5.41, 5.74) is 0. The fourth-order valence-electron chi connectivity index (χ4n) is 1.56. The summed E-state index contributed by atoms with van der Waals surface area (Å²) in [7, 11) is 0. The third kappa shape index (κ3) is 3.75. The molecule has 1 aliphatic heterocycles. The molecule has 1 saturated heterocycles. The summed E-state index contributed by atoms with van der Waals surface area (Å²) in [4.78, 5) is 1.39. The lowest BCUT2D eigenvalue weighted by molar-refractivity contribution is 0.515. The molecule has 0 bridgehead atoms. The summed E-state index contributed by atoms with van der Waals surface area (Å²) < 4.78 is 1.23. The lowest BCUT2D eigenvalue weighted by atomic mass is 10.3. The quantitative estimate of drug-likeness (QED) is 0.892. The fourth-order valence-corrected chi connectivity index (χ4v) is 3.97. The second-order valence-corrected chi connectivity index (χ2v) is 6.55. The maximum absolute atomic E-state index is 3.54. The van der Waals surface area contributed by atoms with Gasteiger partial charge in [0, 0.05) is 46.5 Å². The van der Waals surface area contributed by atoms with E-state index >= 15 is 0 Å². The van der Waals surface area contributed by atoms with Crippen molar-refractivity contribution in [2.75, 3.05) is 24.6 Å². The molecule has 0 radical (unpaired) electrons. The SMILES string of the molecule is Brc1ccsc1CNCC1CSCCN1. The van der Waals surface area contributed by atoms with Crippen LogP contribution < -0.4 is 10.6 Å². The maximum atomic E-state index is 3.54. The van der Waals surface area contributed by atoms with Crippen LogP contribution in [0.2, 0.25) is 0 Å². The van der Waals surface area contributed by atoms with Gasteiger partial charge >= 0.3 is 0 Å². The molecule has 15 heavy (non-hydrogen) atoms. The van der Waals surface area contributed by atoms with Gasteiger partial charge in [0.05, 0.1) is 0 Å². The van der Waals surface area contributed by atoms with E-state index in [1.165, 1.54) is 20.9 Å². The molecular weight excluding hydrogens is 292 g/mol. The van der Waals surface area contributed by atoms with Crippen molar-refractivity contribution >= 4 is 39.0 Å². The highest BCUT2D eigenvalue weighted by atomic mass is 79.9. The van der Waals surface area contributed by atoms with E-state index < -0.39 is 0 Å². The van der Waals surface area contributed by atoms with Crippen LogP contribution in [0.5, 0.6) is 0 Å². The molecule has 2 heterocycles. The average Bonchev–Trinajstić information content (AvgIpc) is 2.66. The second kappa shape index (κ2) is 6.25. The van der Waals surface area contributed by atoms with Crippen LogP contribution in [-0.4, -0.2) is 30.6 Å². The third-order valence-corrected chi connectivity index (χ3v) is 5.42. The molecule has 2 N–H and O–H groups in total. The van der Waals surface area contributed by atoms with Crippen LogP contribution in [0.3, 0.4) is 0 Å². The minimum atomic E-state index is 0.641. The minimum Gasteiger partial charge on any atom is -0.311 e. The van der Waals surface area contributed by atoms with E-state index in [9.17, 15) is 0 Å². The molecule has 84 valence electrons. The molecule has 1 aromatic rings. The summed E-state index contributed by atoms with van der Waals surface area (Å²) in [6.07, 6.45) is 0. The number of thioether (sulfide) groups is 1. The van der Waals surface area contributed by atoms with Gasteiger partial charge < -0.3 is 10.6 Å². The Labute approximate surface area is 107 Å². The van der Waals surface area contributed by atoms with E-state index in [1.54, 1.807) is 11.3 Å². The van der Waals surface area contributed by atoms with Gasteiger partial charge in [0.25, 0.3) is 0 Å². The predicted molar refractivity (Wildman–Crippen MR) is 72.8 cm³/mol. The van der Waals surface area contributed by atoms with Crippen molar-refractivity contribution in [1.29, 1.82) is 0 Å². The Morgan fingerprint density at radius 2 is 2.53 bits per heavy atom. The Balaban J connectivity index is 1.68. The molecule has 1 fully saturated rings. The maximum Gasteiger partial charge on any atom is 0.0327 e. The van der Waals surface area contributed by atoms with Crippen molar-refractivity contribution in [1.82, 2.24) is 10.6 Å². The number of hydrogen-bond donors (Lipinski definition) is 2. The average molecular weight is 307 g/mol. The lowest BCUT2D eigenvalue weighted by Crippen LogP contribution is -2.44. The minimum absolute atomic E-state index is 0.641. The Hall–Kier alpha value is 0.450. The Kier molecular flexibility index (Phi) is 4.97. The monoisotopic (exact) mass is 306 g/mol. The van der Waals surface area contributed by atoms with Gasteiger partial charge in [-0.05, 0) is 27.4 Å². The molecule has 0 aromatic carbocycles. The third-order valence-electron chi connectivity index (χ3n) is 2.37. The first-order valence-corrected chi connectivity index (χ1v) is 7.92. The summed E-state index contributed by atoms with van der Waals surface area (Å²) in [5, 5.41) is 9.15. The molecular formula is C10H15BrN2S2. The molecule has 1 atom stereocenters. The zero-order valence-electron chi connectivity index (χ0n) is 8.46. The van der Waals surface area contributed by atoms with E-state index in [4.69, 9.17) is 0 Å². The first-order chi connectivity index (χ1) is 7.36. The van der Waals surface area contributed by atoms with Crippen molar-refractivity contribution in [3.05, 3.63) is 20.8 Å². The molecule has 0 saturated carbocycles. The van der Waals surface area contributed by atoms with Crippen molar-refractivity contribution < 1.29 is 0 Å². The number of halogens is 1. The Morgan fingerprint density at radius 3 is 3.20 bits per heavy atom. The summed E-state index contributed by atoms with van der Waals surface area (Å²) >= 11 is 7.39. The highest BCUT2D eigenvalue weighted by Crippen LogP contribution is 2.22. The van der Waals surface area contributed by atoms with Gasteiger partial charge in [-0.1, -0.05) is 0 Å². The van der Waals surface area contributed by atoms with Crippen LogP contribution in [0.25, 0.3) is 0 Å². The molecule has 5 heteroatoms. The zero-order valence-corrected chi connectivity index (χ0v) is 11.7. The van der Waals surface area contributed by atoms with Crippen LogP contribution in [0, 0.1) is 0 Å². The normalized spacial score (nSPS) is 21.8. The van der Waals surface area contributed by atoms with Crippen molar-refractivity contribution in [3.8, 4) is 0 Å². The fraction of sp³-hybridized carbons (Fsp3) is 0.600. The van der Waals surface area contributed by atoms with Crippen molar-refractivity contribution in [2.45, 2.75) is 12.6 Å². The predicted octanol–water partition coefficient (Wildman–Crippen LogP) is 2.31. The van der Waals surface area contributed by atoms with Gasteiger partial charge in [-0.2, -0.15) is 11.8 Å². The number of thiophene rings is 1. The first-order valence-electron chi connectivity index (χ1n) is 5.10. The van der Waals surface area contributed by atoms with Gasteiger partial charge in [-0.15, -0.1) is 11.3 Å². The molecule has 2 nitrogen and oxygen atoms in total. The van der Waals surface area contributed by atoms with Crippen LogP contribution in [0.4, 0.5) is 0 Å². The number of hydrogen-bond acceptors (Lipinski definition) is 4. The number of nitrogens with one attached hydrogen (secondary N) is 2. The summed E-state index contributed by atoms with van der Waals surface area (Å²) in [6, 6.07) is 2.75. The van der Waals surface area contributed by atoms with E-state index in [2.05, 4.69) is 38.0 Å². The Morgan fingerprint density at radius 1 is 1.60 bits per heavy atom. The first kappa shape index (κ1) is 11.9. The van der Waals surface area contributed by atoms with Gasteiger partial charge in [-0.25, -0.2) is 0 Å². The topological polar surface area (TPSA) is 24.1 Å². The van der Waals surface area contributed by atoms with E-state index in [0.29, 0.717) is 6.04 Å². The molecule has 0 amide bonds. The van der Waals surface area contributed by atoms with Gasteiger partial charge in [0.2, 0.25) is 0 Å². The molecule has 2 rings (SSSR count). The Bertz CT molecular complexity index is 297. The zero-order chi connectivity index (χ0) is 10.5. The lowest BCUT2D eigenvalue weighted by Gasteiger charge is -2.23. The smallest absolute Gasteiger partial charge is 0.0327 e. The largest absolute Gasteiger partial charge is 0.311 e. The summed E-state index contributed by atoms with van der Waals surface area (Å²) in [5.74, 6) is 2.49. The molecule has 0 aliphatic carbocycles. The second-order valence-electron chi connectivity index (χ2n) is 3.55. The molecule has 1 aliphatic rings. The van der Waals surface area contributed by atoms with E-state index in [0.717, 1.165) is 19.6 Å².